The number of aromatic nitrogens is 3. The summed E-state index contributed by atoms with van der Waals surface area (Å²) in [4.78, 5) is 11.2. The van der Waals surface area contributed by atoms with Crippen LogP contribution in [0.25, 0.3) is 11.0 Å². The number of benzene rings is 1. The second-order valence-corrected chi connectivity index (χ2v) is 4.02. The molecule has 1 saturated carbocycles. The van der Waals surface area contributed by atoms with Crippen molar-refractivity contribution in [3.63, 3.8) is 0 Å². The maximum absolute atomic E-state index is 11.2. The van der Waals surface area contributed by atoms with Crippen LogP contribution in [-0.2, 0) is 0 Å². The molecule has 0 radical (unpaired) electrons. The van der Waals surface area contributed by atoms with Gasteiger partial charge in [-0.25, -0.2) is 4.68 Å². The second kappa shape index (κ2) is 2.89. The molecule has 1 heterocycles. The summed E-state index contributed by atoms with van der Waals surface area (Å²) in [6.45, 7) is 1.56. The largest absolute Gasteiger partial charge is 0.295 e. The van der Waals surface area contributed by atoms with Gasteiger partial charge >= 0.3 is 0 Å². The molecular weight excluding hydrogens is 190 g/mol. The Balaban J connectivity index is 2.17. The number of rotatable bonds is 2. The lowest BCUT2D eigenvalue weighted by molar-refractivity contribution is 0.101. The molecule has 0 bridgehead atoms. The summed E-state index contributed by atoms with van der Waals surface area (Å²) < 4.78 is 1.96. The van der Waals surface area contributed by atoms with E-state index in [1.807, 2.05) is 22.9 Å². The Labute approximate surface area is 86.9 Å². The zero-order chi connectivity index (χ0) is 10.4. The minimum Gasteiger partial charge on any atom is -0.295 e. The normalized spacial score (nSPS) is 15.8. The first-order valence-corrected chi connectivity index (χ1v) is 5.11. The molecule has 1 fully saturated rings. The van der Waals surface area contributed by atoms with Gasteiger partial charge in [-0.05, 0) is 38.0 Å². The molecule has 1 aromatic heterocycles. The van der Waals surface area contributed by atoms with Crippen molar-refractivity contribution >= 4 is 16.8 Å². The first-order chi connectivity index (χ1) is 7.25. The quantitative estimate of drug-likeness (QED) is 0.698. The van der Waals surface area contributed by atoms with Gasteiger partial charge in [0.2, 0.25) is 0 Å². The molecule has 3 rings (SSSR count). The van der Waals surface area contributed by atoms with Gasteiger partial charge in [-0.3, -0.25) is 4.79 Å². The fraction of sp³-hybridized carbons (Fsp3) is 0.364. The Morgan fingerprint density at radius 2 is 2.27 bits per heavy atom. The summed E-state index contributed by atoms with van der Waals surface area (Å²) in [5.41, 5.74) is 2.54. The summed E-state index contributed by atoms with van der Waals surface area (Å²) >= 11 is 0. The van der Waals surface area contributed by atoms with Crippen LogP contribution in [0.2, 0.25) is 0 Å². The third-order valence-electron chi connectivity index (χ3n) is 2.77. The Bertz CT molecular complexity index is 540. The highest BCUT2D eigenvalue weighted by Gasteiger charge is 2.26. The van der Waals surface area contributed by atoms with E-state index in [0.29, 0.717) is 11.6 Å². The van der Waals surface area contributed by atoms with Crippen molar-refractivity contribution in [3.8, 4) is 0 Å². The van der Waals surface area contributed by atoms with E-state index in [1.165, 1.54) is 12.8 Å². The van der Waals surface area contributed by atoms with E-state index in [9.17, 15) is 4.79 Å². The number of nitrogens with zero attached hydrogens (tertiary/aromatic N) is 3. The van der Waals surface area contributed by atoms with Crippen LogP contribution < -0.4 is 0 Å². The maximum atomic E-state index is 11.2. The Morgan fingerprint density at radius 1 is 1.47 bits per heavy atom. The fourth-order valence-corrected chi connectivity index (χ4v) is 1.75. The summed E-state index contributed by atoms with van der Waals surface area (Å²) in [6.07, 6.45) is 2.37. The van der Waals surface area contributed by atoms with Gasteiger partial charge in [0, 0.05) is 5.56 Å². The Hall–Kier alpha value is -1.71. The van der Waals surface area contributed by atoms with E-state index in [4.69, 9.17) is 0 Å². The minimum atomic E-state index is 0.0675. The van der Waals surface area contributed by atoms with Crippen molar-refractivity contribution in [2.45, 2.75) is 25.8 Å². The van der Waals surface area contributed by atoms with E-state index in [0.717, 1.165) is 11.0 Å². The number of fused-ring (bicyclic) bond motifs is 1. The predicted molar refractivity (Wildman–Crippen MR) is 55.8 cm³/mol. The molecule has 0 amide bonds. The zero-order valence-electron chi connectivity index (χ0n) is 8.47. The summed E-state index contributed by atoms with van der Waals surface area (Å²) in [5.74, 6) is 0.0675. The second-order valence-electron chi connectivity index (χ2n) is 4.02. The van der Waals surface area contributed by atoms with Crippen LogP contribution in [0.15, 0.2) is 18.2 Å². The number of Topliss-reactive ketones (excluding diaryl/α,β-unsaturated/α-hetero) is 1. The highest BCUT2D eigenvalue weighted by molar-refractivity contribution is 5.97. The Morgan fingerprint density at radius 3 is 2.93 bits per heavy atom. The molecule has 1 aliphatic rings. The van der Waals surface area contributed by atoms with Crippen molar-refractivity contribution < 1.29 is 4.79 Å². The van der Waals surface area contributed by atoms with Crippen molar-refractivity contribution in [2.24, 2.45) is 0 Å². The molecular formula is C11H11N3O. The van der Waals surface area contributed by atoms with Gasteiger partial charge in [0.25, 0.3) is 0 Å². The summed E-state index contributed by atoms with van der Waals surface area (Å²) in [6, 6.07) is 6.11. The molecule has 0 saturated heterocycles. The van der Waals surface area contributed by atoms with Gasteiger partial charge in [0.15, 0.2) is 5.78 Å². The monoisotopic (exact) mass is 201 g/mol. The van der Waals surface area contributed by atoms with Crippen LogP contribution >= 0.6 is 0 Å². The van der Waals surface area contributed by atoms with Crippen molar-refractivity contribution in [3.05, 3.63) is 23.8 Å². The minimum absolute atomic E-state index is 0.0675. The number of hydrogen-bond acceptors (Lipinski definition) is 3. The molecule has 76 valence electrons. The third kappa shape index (κ3) is 1.33. The molecule has 1 aliphatic carbocycles. The van der Waals surface area contributed by atoms with E-state index in [2.05, 4.69) is 10.3 Å². The average molecular weight is 201 g/mol. The fourth-order valence-electron chi connectivity index (χ4n) is 1.75. The van der Waals surface area contributed by atoms with Crippen LogP contribution in [0.5, 0.6) is 0 Å². The average Bonchev–Trinajstić information content (AvgIpc) is 2.98. The van der Waals surface area contributed by atoms with Crippen LogP contribution in [0.1, 0.15) is 36.2 Å². The topological polar surface area (TPSA) is 47.8 Å². The van der Waals surface area contributed by atoms with Gasteiger partial charge < -0.3 is 0 Å². The van der Waals surface area contributed by atoms with E-state index >= 15 is 0 Å². The van der Waals surface area contributed by atoms with Crippen molar-refractivity contribution in [1.29, 1.82) is 0 Å². The Kier molecular flexibility index (Phi) is 1.65. The molecule has 2 aromatic rings. The standard InChI is InChI=1S/C11H11N3O/c1-7(15)8-2-5-11-10(6-8)12-13-14(11)9-3-4-9/h2,5-6,9H,3-4H2,1H3. The van der Waals surface area contributed by atoms with Crippen LogP contribution in [0.3, 0.4) is 0 Å². The van der Waals surface area contributed by atoms with Crippen LogP contribution in [-0.4, -0.2) is 20.8 Å². The third-order valence-corrected chi connectivity index (χ3v) is 2.77. The molecule has 0 atom stereocenters. The number of carbonyl (C=O) groups is 1. The van der Waals surface area contributed by atoms with Gasteiger partial charge in [-0.1, -0.05) is 5.21 Å². The van der Waals surface area contributed by atoms with Crippen molar-refractivity contribution in [1.82, 2.24) is 15.0 Å². The van der Waals surface area contributed by atoms with Crippen LogP contribution in [0.4, 0.5) is 0 Å². The lowest BCUT2D eigenvalue weighted by Crippen LogP contribution is -1.96. The lowest BCUT2D eigenvalue weighted by Gasteiger charge is -1.98. The summed E-state index contributed by atoms with van der Waals surface area (Å²) in [7, 11) is 0. The summed E-state index contributed by atoms with van der Waals surface area (Å²) in [5, 5.41) is 8.20. The van der Waals surface area contributed by atoms with E-state index in [-0.39, 0.29) is 5.78 Å². The first kappa shape index (κ1) is 8.59. The van der Waals surface area contributed by atoms with Gasteiger partial charge in [-0.15, -0.1) is 5.10 Å². The molecule has 0 N–H and O–H groups in total. The van der Waals surface area contributed by atoms with Crippen molar-refractivity contribution in [2.75, 3.05) is 0 Å². The van der Waals surface area contributed by atoms with E-state index < -0.39 is 0 Å². The molecule has 4 heteroatoms. The molecule has 0 spiro atoms. The zero-order valence-corrected chi connectivity index (χ0v) is 8.47. The van der Waals surface area contributed by atoms with Crippen LogP contribution in [0, 0.1) is 0 Å². The van der Waals surface area contributed by atoms with Gasteiger partial charge in [0.05, 0.1) is 11.6 Å². The number of carbonyl (C=O) groups excluding carboxylic acids is 1. The number of hydrogen-bond donors (Lipinski definition) is 0. The van der Waals surface area contributed by atoms with E-state index in [1.54, 1.807) is 6.92 Å². The number of ketones is 1. The highest BCUT2D eigenvalue weighted by atomic mass is 16.1. The predicted octanol–water partition coefficient (Wildman–Crippen LogP) is 1.97. The first-order valence-electron chi connectivity index (χ1n) is 5.11. The highest BCUT2D eigenvalue weighted by Crippen LogP contribution is 2.36. The molecule has 1 aromatic carbocycles. The van der Waals surface area contributed by atoms with Gasteiger partial charge in [0.1, 0.15) is 5.52 Å². The van der Waals surface area contributed by atoms with Gasteiger partial charge in [-0.2, -0.15) is 0 Å². The lowest BCUT2D eigenvalue weighted by atomic mass is 10.1. The molecule has 4 nitrogen and oxygen atoms in total. The smallest absolute Gasteiger partial charge is 0.159 e. The molecule has 0 unspecified atom stereocenters. The SMILES string of the molecule is CC(=O)c1ccc2c(c1)nnn2C1CC1. The maximum Gasteiger partial charge on any atom is 0.159 e. The molecule has 0 aliphatic heterocycles. The molecule has 15 heavy (non-hydrogen) atoms.